The number of halogens is 2. The van der Waals surface area contributed by atoms with Crippen molar-refractivity contribution in [3.63, 3.8) is 0 Å². The van der Waals surface area contributed by atoms with E-state index < -0.39 is 39.5 Å². The number of hydrogen-bond acceptors (Lipinski definition) is 4. The molecule has 0 aromatic rings. The summed E-state index contributed by atoms with van der Waals surface area (Å²) >= 11 is -1.73. The first-order chi connectivity index (χ1) is 10.6. The first-order valence-electron chi connectivity index (χ1n) is 8.33. The summed E-state index contributed by atoms with van der Waals surface area (Å²) in [5.41, 5.74) is -2.09. The second kappa shape index (κ2) is 6.72. The lowest BCUT2D eigenvalue weighted by molar-refractivity contribution is -0.185. The molecular formula is C17H31F2NO3S. The van der Waals surface area contributed by atoms with Crippen molar-refractivity contribution >= 4 is 17.3 Å². The summed E-state index contributed by atoms with van der Waals surface area (Å²) in [5, 5.41) is 0. The molecule has 0 bridgehead atoms. The van der Waals surface area contributed by atoms with E-state index in [1.54, 1.807) is 20.8 Å². The first kappa shape index (κ1) is 21.6. The molecule has 1 aliphatic carbocycles. The Hall–Kier alpha value is -0.400. The molecule has 0 amide bonds. The van der Waals surface area contributed by atoms with Crippen molar-refractivity contribution in [3.8, 4) is 0 Å². The highest BCUT2D eigenvalue weighted by atomic mass is 32.2. The largest absolute Gasteiger partial charge is 0.598 e. The molecule has 142 valence electrons. The third-order valence-corrected chi connectivity index (χ3v) is 6.41. The first-order valence-corrected chi connectivity index (χ1v) is 9.48. The molecule has 0 radical (unpaired) electrons. The van der Waals surface area contributed by atoms with Crippen LogP contribution in [0, 0.1) is 17.3 Å². The fraction of sp³-hybridized carbons (Fsp3) is 0.941. The Morgan fingerprint density at radius 1 is 1.17 bits per heavy atom. The van der Waals surface area contributed by atoms with E-state index in [4.69, 9.17) is 0 Å². The molecule has 0 aromatic heterocycles. The lowest BCUT2D eigenvalue weighted by atomic mass is 9.81. The van der Waals surface area contributed by atoms with Crippen LogP contribution in [0.5, 0.6) is 0 Å². The lowest BCUT2D eigenvalue weighted by Crippen LogP contribution is -2.65. The predicted molar refractivity (Wildman–Crippen MR) is 92.1 cm³/mol. The maximum atomic E-state index is 15.0. The highest BCUT2D eigenvalue weighted by Gasteiger charge is 2.70. The van der Waals surface area contributed by atoms with Crippen molar-refractivity contribution in [2.45, 2.75) is 78.0 Å². The Balaban J connectivity index is 3.20. The zero-order chi connectivity index (χ0) is 19.1. The fourth-order valence-electron chi connectivity index (χ4n) is 2.94. The highest BCUT2D eigenvalue weighted by Crippen LogP contribution is 2.59. The molecule has 0 heterocycles. The lowest BCUT2D eigenvalue weighted by Gasteiger charge is -2.39. The number of ether oxygens (including phenoxy) is 1. The van der Waals surface area contributed by atoms with Gasteiger partial charge in [-0.2, -0.15) is 8.78 Å². The van der Waals surface area contributed by atoms with Crippen molar-refractivity contribution in [3.05, 3.63) is 0 Å². The molecule has 4 nitrogen and oxygen atoms in total. The van der Waals surface area contributed by atoms with Crippen LogP contribution in [-0.4, -0.2) is 33.3 Å². The Morgan fingerprint density at radius 3 is 2.00 bits per heavy atom. The van der Waals surface area contributed by atoms with Gasteiger partial charge in [-0.05, 0) is 58.3 Å². The second-order valence-corrected chi connectivity index (χ2v) is 10.8. The van der Waals surface area contributed by atoms with Gasteiger partial charge < -0.3 is 9.29 Å². The molecular weight excluding hydrogens is 336 g/mol. The Labute approximate surface area is 147 Å². The van der Waals surface area contributed by atoms with Gasteiger partial charge in [-0.15, -0.1) is 4.72 Å². The van der Waals surface area contributed by atoms with Crippen molar-refractivity contribution in [2.24, 2.45) is 17.3 Å². The molecule has 24 heavy (non-hydrogen) atoms. The van der Waals surface area contributed by atoms with Gasteiger partial charge >= 0.3 is 11.9 Å². The summed E-state index contributed by atoms with van der Waals surface area (Å²) in [4.78, 5) is 11.9. The molecule has 0 aromatic carbocycles. The third kappa shape index (κ3) is 4.22. The van der Waals surface area contributed by atoms with Gasteiger partial charge in [0, 0.05) is 11.4 Å². The van der Waals surface area contributed by atoms with Crippen LogP contribution >= 0.6 is 0 Å². The van der Waals surface area contributed by atoms with Crippen LogP contribution in [0.15, 0.2) is 0 Å². The molecule has 0 saturated heterocycles. The Kier molecular flexibility index (Phi) is 6.06. The minimum absolute atomic E-state index is 0.0206. The topological polar surface area (TPSA) is 61.4 Å². The van der Waals surface area contributed by atoms with Gasteiger partial charge in [-0.3, -0.25) is 0 Å². The third-order valence-electron chi connectivity index (χ3n) is 4.69. The predicted octanol–water partition coefficient (Wildman–Crippen LogP) is 3.68. The quantitative estimate of drug-likeness (QED) is 0.575. The summed E-state index contributed by atoms with van der Waals surface area (Å²) in [6, 6.07) is 0. The molecule has 7 heteroatoms. The van der Waals surface area contributed by atoms with Gasteiger partial charge in [0.05, 0.1) is 6.61 Å². The number of alkyl halides is 2. The summed E-state index contributed by atoms with van der Waals surface area (Å²) in [6.45, 7) is 13.7. The van der Waals surface area contributed by atoms with Crippen molar-refractivity contribution in [1.29, 1.82) is 0 Å². The minimum atomic E-state index is -3.77. The van der Waals surface area contributed by atoms with E-state index in [0.29, 0.717) is 6.42 Å². The standard InChI is InChI=1S/C17H31F2NO3S/c1-9-23-13(21)17(18,19)16(8,20-24(22)15(5,6)7)12-10-11(12)14(2,3)4/h11-12,20H,9-10H2,1-8H3/t11-,12-,16-,24?/m1/s1. The van der Waals surface area contributed by atoms with Crippen molar-refractivity contribution in [2.75, 3.05) is 6.61 Å². The van der Waals surface area contributed by atoms with Crippen LogP contribution in [0.2, 0.25) is 0 Å². The summed E-state index contributed by atoms with van der Waals surface area (Å²) in [5.74, 6) is -5.77. The average Bonchev–Trinajstić information content (AvgIpc) is 3.17. The second-order valence-electron chi connectivity index (χ2n) is 8.80. The van der Waals surface area contributed by atoms with E-state index in [2.05, 4.69) is 9.46 Å². The average molecular weight is 368 g/mol. The Morgan fingerprint density at radius 2 is 1.67 bits per heavy atom. The monoisotopic (exact) mass is 367 g/mol. The van der Waals surface area contributed by atoms with Crippen molar-refractivity contribution in [1.82, 2.24) is 4.72 Å². The maximum Gasteiger partial charge on any atom is 0.379 e. The number of esters is 1. The van der Waals surface area contributed by atoms with Gasteiger partial charge in [0.2, 0.25) is 0 Å². The van der Waals surface area contributed by atoms with E-state index in [1.165, 1.54) is 13.8 Å². The van der Waals surface area contributed by atoms with Gasteiger partial charge in [0.25, 0.3) is 0 Å². The molecule has 1 N–H and O–H groups in total. The minimum Gasteiger partial charge on any atom is -0.598 e. The molecule has 4 atom stereocenters. The number of carbonyl (C=O) groups excluding carboxylic acids is 1. The number of hydrogen-bond donors (Lipinski definition) is 1. The van der Waals surface area contributed by atoms with Crippen LogP contribution < -0.4 is 4.72 Å². The SMILES string of the molecule is CCOC(=O)C(F)(F)[C@](C)(N[S+]([O-])C(C)(C)C)[C@@H]1C[C@H]1C(C)(C)C. The van der Waals surface area contributed by atoms with E-state index in [9.17, 15) is 18.1 Å². The normalized spacial score (nSPS) is 25.8. The van der Waals surface area contributed by atoms with Crippen molar-refractivity contribution < 1.29 is 22.9 Å². The van der Waals surface area contributed by atoms with Crippen LogP contribution in [0.4, 0.5) is 8.78 Å². The summed E-state index contributed by atoms with van der Waals surface area (Å²) in [7, 11) is 0. The summed E-state index contributed by atoms with van der Waals surface area (Å²) in [6.07, 6.45) is 0.559. The van der Waals surface area contributed by atoms with Gasteiger partial charge in [0.1, 0.15) is 10.3 Å². The van der Waals surface area contributed by atoms with E-state index in [-0.39, 0.29) is 17.9 Å². The van der Waals surface area contributed by atoms with Gasteiger partial charge in [-0.25, -0.2) is 4.79 Å². The molecule has 1 unspecified atom stereocenters. The number of carbonyl (C=O) groups is 1. The number of rotatable bonds is 6. The Bertz CT molecular complexity index is 473. The summed E-state index contributed by atoms with van der Waals surface area (Å²) < 4.78 is 48.9. The zero-order valence-corrected chi connectivity index (χ0v) is 16.8. The molecule has 1 rings (SSSR count). The van der Waals surface area contributed by atoms with Gasteiger partial charge in [0.15, 0.2) is 0 Å². The van der Waals surface area contributed by atoms with E-state index in [0.717, 1.165) is 0 Å². The fourth-order valence-corrected chi connectivity index (χ4v) is 3.91. The van der Waals surface area contributed by atoms with E-state index in [1.807, 2.05) is 20.8 Å². The molecule has 0 spiro atoms. The zero-order valence-electron chi connectivity index (χ0n) is 16.0. The van der Waals surface area contributed by atoms with Crippen LogP contribution in [0.25, 0.3) is 0 Å². The van der Waals surface area contributed by atoms with Crippen LogP contribution in [-0.2, 0) is 20.9 Å². The maximum absolute atomic E-state index is 15.0. The van der Waals surface area contributed by atoms with Crippen LogP contribution in [0.3, 0.4) is 0 Å². The van der Waals surface area contributed by atoms with E-state index >= 15 is 0 Å². The molecule has 1 aliphatic rings. The highest BCUT2D eigenvalue weighted by molar-refractivity contribution is 7.90. The van der Waals surface area contributed by atoms with Gasteiger partial charge in [-0.1, -0.05) is 20.8 Å². The molecule has 1 saturated carbocycles. The number of nitrogens with one attached hydrogen (secondary N) is 1. The van der Waals surface area contributed by atoms with Crippen LogP contribution in [0.1, 0.15) is 61.8 Å². The smallest absolute Gasteiger partial charge is 0.379 e. The molecule has 1 fully saturated rings. The molecule has 0 aliphatic heterocycles.